The van der Waals surface area contributed by atoms with Crippen molar-refractivity contribution in [2.24, 2.45) is 5.73 Å². The van der Waals surface area contributed by atoms with Crippen molar-refractivity contribution in [2.45, 2.75) is 51.6 Å². The first-order valence-corrected chi connectivity index (χ1v) is 7.74. The molecule has 0 spiro atoms. The van der Waals surface area contributed by atoms with Crippen LogP contribution in [0.4, 0.5) is 0 Å². The van der Waals surface area contributed by atoms with Crippen LogP contribution in [0.3, 0.4) is 0 Å². The van der Waals surface area contributed by atoms with E-state index in [9.17, 15) is 8.42 Å². The molecule has 17 heavy (non-hydrogen) atoms. The van der Waals surface area contributed by atoms with Crippen molar-refractivity contribution in [1.82, 2.24) is 8.61 Å². The van der Waals surface area contributed by atoms with E-state index in [0.717, 1.165) is 19.3 Å². The molecule has 0 aromatic carbocycles. The van der Waals surface area contributed by atoms with Gasteiger partial charge in [-0.05, 0) is 33.1 Å². The van der Waals surface area contributed by atoms with Gasteiger partial charge in [0.15, 0.2) is 0 Å². The largest absolute Gasteiger partial charge is 0.328 e. The van der Waals surface area contributed by atoms with Gasteiger partial charge in [0.1, 0.15) is 0 Å². The molecule has 0 aromatic heterocycles. The van der Waals surface area contributed by atoms with Gasteiger partial charge in [-0.3, -0.25) is 0 Å². The highest BCUT2D eigenvalue weighted by atomic mass is 32.2. The summed E-state index contributed by atoms with van der Waals surface area (Å²) in [6.07, 6.45) is 3.74. The Morgan fingerprint density at radius 1 is 1.47 bits per heavy atom. The summed E-state index contributed by atoms with van der Waals surface area (Å²) in [4.78, 5) is 0. The van der Waals surface area contributed by atoms with Gasteiger partial charge in [0.2, 0.25) is 0 Å². The van der Waals surface area contributed by atoms with Gasteiger partial charge in [0.05, 0.1) is 0 Å². The van der Waals surface area contributed by atoms with E-state index in [1.165, 1.54) is 4.31 Å². The third-order valence-electron chi connectivity index (χ3n) is 3.33. The molecule has 1 rings (SSSR count). The molecule has 1 saturated heterocycles. The zero-order chi connectivity index (χ0) is 13.1. The summed E-state index contributed by atoms with van der Waals surface area (Å²) in [5.41, 5.74) is 5.65. The highest BCUT2D eigenvalue weighted by Gasteiger charge is 2.32. The summed E-state index contributed by atoms with van der Waals surface area (Å²) in [6, 6.07) is 0.151. The van der Waals surface area contributed by atoms with Crippen LogP contribution >= 0.6 is 0 Å². The fourth-order valence-corrected chi connectivity index (χ4v) is 3.71. The summed E-state index contributed by atoms with van der Waals surface area (Å²) < 4.78 is 27.7. The molecule has 1 fully saturated rings. The average Bonchev–Trinajstić information content (AvgIpc) is 2.26. The number of nitrogens with two attached hydrogens (primary N) is 1. The van der Waals surface area contributed by atoms with Gasteiger partial charge < -0.3 is 5.73 Å². The van der Waals surface area contributed by atoms with Crippen molar-refractivity contribution in [1.29, 1.82) is 0 Å². The summed E-state index contributed by atoms with van der Waals surface area (Å²) >= 11 is 0. The topological polar surface area (TPSA) is 66.6 Å². The van der Waals surface area contributed by atoms with Gasteiger partial charge >= 0.3 is 0 Å². The van der Waals surface area contributed by atoms with E-state index < -0.39 is 10.2 Å². The molecule has 1 heterocycles. The fraction of sp³-hybridized carbons (Fsp3) is 1.00. The molecule has 2 N–H and O–H groups in total. The Kier molecular flexibility index (Phi) is 5.37. The normalized spacial score (nSPS) is 25.1. The van der Waals surface area contributed by atoms with Gasteiger partial charge in [-0.2, -0.15) is 17.0 Å². The summed E-state index contributed by atoms with van der Waals surface area (Å²) in [7, 11) is -1.66. The first-order chi connectivity index (χ1) is 7.85. The minimum atomic E-state index is -3.30. The molecule has 0 bridgehead atoms. The molecular weight excluding hydrogens is 238 g/mol. The van der Waals surface area contributed by atoms with E-state index in [2.05, 4.69) is 0 Å². The van der Waals surface area contributed by atoms with Gasteiger partial charge in [-0.25, -0.2) is 0 Å². The van der Waals surface area contributed by atoms with E-state index in [1.807, 2.05) is 13.8 Å². The molecular formula is C11H25N3O2S. The second-order valence-electron chi connectivity index (χ2n) is 5.05. The monoisotopic (exact) mass is 263 g/mol. The lowest BCUT2D eigenvalue weighted by atomic mass is 10.1. The van der Waals surface area contributed by atoms with Crippen molar-refractivity contribution in [3.8, 4) is 0 Å². The molecule has 5 nitrogen and oxygen atoms in total. The standard InChI is InChI=1S/C11H25N3O2S/c1-10(12)7-9-13(3)17(15,16)14-8-5-4-6-11(14)2/h10-11H,4-9,12H2,1-3H3. The average molecular weight is 263 g/mol. The Morgan fingerprint density at radius 2 is 2.12 bits per heavy atom. The zero-order valence-corrected chi connectivity index (χ0v) is 11.9. The molecule has 0 amide bonds. The second kappa shape index (κ2) is 6.13. The Bertz CT molecular complexity index is 330. The van der Waals surface area contributed by atoms with Crippen molar-refractivity contribution < 1.29 is 8.42 Å². The highest BCUT2D eigenvalue weighted by Crippen LogP contribution is 2.21. The number of hydrogen-bond donors (Lipinski definition) is 1. The third-order valence-corrected chi connectivity index (χ3v) is 5.44. The minimum absolute atomic E-state index is 0.0337. The van der Waals surface area contributed by atoms with E-state index in [1.54, 1.807) is 11.4 Å². The van der Waals surface area contributed by atoms with Crippen LogP contribution < -0.4 is 5.73 Å². The van der Waals surface area contributed by atoms with Gasteiger partial charge in [-0.15, -0.1) is 0 Å². The van der Waals surface area contributed by atoms with Gasteiger partial charge in [0, 0.05) is 32.2 Å². The van der Waals surface area contributed by atoms with E-state index in [4.69, 9.17) is 5.73 Å². The number of rotatable bonds is 5. The van der Waals surface area contributed by atoms with Crippen LogP contribution in [0.25, 0.3) is 0 Å². The fourth-order valence-electron chi connectivity index (χ4n) is 2.09. The van der Waals surface area contributed by atoms with E-state index in [-0.39, 0.29) is 12.1 Å². The smallest absolute Gasteiger partial charge is 0.281 e. The maximum atomic E-state index is 12.3. The Balaban J connectivity index is 2.65. The van der Waals surface area contributed by atoms with Crippen LogP contribution in [0.2, 0.25) is 0 Å². The molecule has 1 aliphatic heterocycles. The van der Waals surface area contributed by atoms with Crippen LogP contribution in [0.1, 0.15) is 39.5 Å². The highest BCUT2D eigenvalue weighted by molar-refractivity contribution is 7.86. The van der Waals surface area contributed by atoms with Crippen LogP contribution in [0.5, 0.6) is 0 Å². The predicted molar refractivity (Wildman–Crippen MR) is 69.8 cm³/mol. The molecule has 0 aromatic rings. The van der Waals surface area contributed by atoms with Crippen molar-refractivity contribution in [3.05, 3.63) is 0 Å². The molecule has 102 valence electrons. The van der Waals surface area contributed by atoms with Crippen molar-refractivity contribution in [3.63, 3.8) is 0 Å². The molecule has 2 unspecified atom stereocenters. The molecule has 6 heteroatoms. The summed E-state index contributed by atoms with van der Waals surface area (Å²) in [5.74, 6) is 0. The lowest BCUT2D eigenvalue weighted by Gasteiger charge is -2.35. The van der Waals surface area contributed by atoms with Crippen LogP contribution in [-0.4, -0.2) is 49.2 Å². The molecule has 0 aliphatic carbocycles. The Labute approximate surface area is 105 Å². The first-order valence-electron chi connectivity index (χ1n) is 6.34. The van der Waals surface area contributed by atoms with Crippen molar-refractivity contribution in [2.75, 3.05) is 20.1 Å². The molecule has 0 saturated carbocycles. The van der Waals surface area contributed by atoms with Gasteiger partial charge in [-0.1, -0.05) is 6.42 Å². The molecule has 1 aliphatic rings. The predicted octanol–water partition coefficient (Wildman–Crippen LogP) is 0.775. The number of piperidine rings is 1. The number of hydrogen-bond acceptors (Lipinski definition) is 3. The van der Waals surface area contributed by atoms with Crippen LogP contribution in [0, 0.1) is 0 Å². The lowest BCUT2D eigenvalue weighted by molar-refractivity contribution is 0.249. The summed E-state index contributed by atoms with van der Waals surface area (Å²) in [6.45, 7) is 5.01. The van der Waals surface area contributed by atoms with E-state index >= 15 is 0 Å². The first kappa shape index (κ1) is 14.9. The van der Waals surface area contributed by atoms with E-state index in [0.29, 0.717) is 19.5 Å². The maximum Gasteiger partial charge on any atom is 0.281 e. The quantitative estimate of drug-likeness (QED) is 0.797. The SMILES string of the molecule is CC(N)CCN(C)S(=O)(=O)N1CCCCC1C. The summed E-state index contributed by atoms with van der Waals surface area (Å²) in [5, 5.41) is 0. The Hall–Kier alpha value is -0.170. The minimum Gasteiger partial charge on any atom is -0.328 e. The lowest BCUT2D eigenvalue weighted by Crippen LogP contribution is -2.49. The molecule has 0 radical (unpaired) electrons. The zero-order valence-electron chi connectivity index (χ0n) is 11.1. The number of nitrogens with zero attached hydrogens (tertiary/aromatic N) is 2. The van der Waals surface area contributed by atoms with Crippen LogP contribution in [-0.2, 0) is 10.2 Å². The van der Waals surface area contributed by atoms with Crippen LogP contribution in [0.15, 0.2) is 0 Å². The Morgan fingerprint density at radius 3 is 2.65 bits per heavy atom. The second-order valence-corrected chi connectivity index (χ2v) is 7.04. The van der Waals surface area contributed by atoms with Crippen molar-refractivity contribution >= 4 is 10.2 Å². The third kappa shape index (κ3) is 3.91. The van der Waals surface area contributed by atoms with Gasteiger partial charge in [0.25, 0.3) is 10.2 Å². The maximum absolute atomic E-state index is 12.3. The molecule has 2 atom stereocenters.